The summed E-state index contributed by atoms with van der Waals surface area (Å²) in [5.41, 5.74) is 0.325. The SMILES string of the molecule is O=C(Nc1ccc(Br)nc1)c1c[nH]c(=O)cn1. The second-order valence-corrected chi connectivity index (χ2v) is 3.93. The number of pyridine rings is 1. The Morgan fingerprint density at radius 1 is 1.29 bits per heavy atom. The molecule has 0 saturated heterocycles. The van der Waals surface area contributed by atoms with Gasteiger partial charge in [0.05, 0.1) is 18.1 Å². The highest BCUT2D eigenvalue weighted by molar-refractivity contribution is 9.10. The molecule has 6 nitrogen and oxygen atoms in total. The number of halogens is 1. The Labute approximate surface area is 104 Å². The molecule has 2 rings (SSSR count). The first-order chi connectivity index (χ1) is 8.15. The van der Waals surface area contributed by atoms with Gasteiger partial charge in [0.1, 0.15) is 10.3 Å². The highest BCUT2D eigenvalue weighted by Gasteiger charge is 2.07. The maximum absolute atomic E-state index is 11.7. The fourth-order valence-corrected chi connectivity index (χ4v) is 1.35. The molecule has 0 aliphatic rings. The summed E-state index contributed by atoms with van der Waals surface area (Å²) in [4.78, 5) is 32.5. The third-order valence-electron chi connectivity index (χ3n) is 1.89. The molecule has 0 aromatic carbocycles. The zero-order chi connectivity index (χ0) is 12.3. The molecule has 0 fully saturated rings. The van der Waals surface area contributed by atoms with Crippen LogP contribution in [0.4, 0.5) is 5.69 Å². The average Bonchev–Trinajstić information content (AvgIpc) is 2.33. The van der Waals surface area contributed by atoms with Gasteiger partial charge in [0.15, 0.2) is 0 Å². The second-order valence-electron chi connectivity index (χ2n) is 3.12. The number of hydrogen-bond donors (Lipinski definition) is 2. The third-order valence-corrected chi connectivity index (χ3v) is 2.36. The van der Waals surface area contributed by atoms with Crippen LogP contribution in [-0.2, 0) is 0 Å². The van der Waals surface area contributed by atoms with Crippen molar-refractivity contribution in [1.82, 2.24) is 15.0 Å². The van der Waals surface area contributed by atoms with Gasteiger partial charge >= 0.3 is 0 Å². The van der Waals surface area contributed by atoms with Crippen LogP contribution >= 0.6 is 15.9 Å². The number of amides is 1. The molecule has 2 aromatic heterocycles. The van der Waals surface area contributed by atoms with E-state index in [9.17, 15) is 9.59 Å². The molecule has 0 spiro atoms. The molecule has 0 bridgehead atoms. The van der Waals surface area contributed by atoms with Crippen molar-refractivity contribution in [3.8, 4) is 0 Å². The molecule has 0 radical (unpaired) electrons. The van der Waals surface area contributed by atoms with E-state index < -0.39 is 5.91 Å². The van der Waals surface area contributed by atoms with E-state index in [0.717, 1.165) is 6.20 Å². The van der Waals surface area contributed by atoms with Crippen LogP contribution in [0.25, 0.3) is 0 Å². The molecule has 17 heavy (non-hydrogen) atoms. The highest BCUT2D eigenvalue weighted by Crippen LogP contribution is 2.10. The number of aromatic amines is 1. The van der Waals surface area contributed by atoms with Gasteiger partial charge in [0.2, 0.25) is 0 Å². The van der Waals surface area contributed by atoms with Gasteiger partial charge in [-0.05, 0) is 28.1 Å². The number of aromatic nitrogens is 3. The predicted octanol–water partition coefficient (Wildman–Crippen LogP) is 1.18. The Balaban J connectivity index is 2.14. The Bertz CT molecular complexity index is 574. The van der Waals surface area contributed by atoms with Crippen LogP contribution in [0.1, 0.15) is 10.5 Å². The van der Waals surface area contributed by atoms with Crippen LogP contribution in [0.2, 0.25) is 0 Å². The first-order valence-electron chi connectivity index (χ1n) is 4.63. The van der Waals surface area contributed by atoms with Crippen LogP contribution in [-0.4, -0.2) is 20.9 Å². The number of hydrogen-bond acceptors (Lipinski definition) is 4. The van der Waals surface area contributed by atoms with E-state index in [-0.39, 0.29) is 11.3 Å². The molecule has 1 amide bonds. The number of rotatable bonds is 2. The lowest BCUT2D eigenvalue weighted by Crippen LogP contribution is -2.16. The summed E-state index contributed by atoms with van der Waals surface area (Å²) in [6.45, 7) is 0. The van der Waals surface area contributed by atoms with Crippen LogP contribution < -0.4 is 10.9 Å². The second kappa shape index (κ2) is 4.88. The van der Waals surface area contributed by atoms with E-state index in [1.807, 2.05) is 0 Å². The zero-order valence-corrected chi connectivity index (χ0v) is 10.1. The highest BCUT2D eigenvalue weighted by atomic mass is 79.9. The minimum absolute atomic E-state index is 0.132. The monoisotopic (exact) mass is 294 g/mol. The maximum atomic E-state index is 11.7. The van der Waals surface area contributed by atoms with Crippen molar-refractivity contribution in [3.05, 3.63) is 51.4 Å². The molecule has 2 N–H and O–H groups in total. The van der Waals surface area contributed by atoms with E-state index in [4.69, 9.17) is 0 Å². The summed E-state index contributed by atoms with van der Waals surface area (Å²) in [6.07, 6.45) is 3.81. The number of H-pyrrole nitrogens is 1. The first kappa shape index (κ1) is 11.5. The van der Waals surface area contributed by atoms with Crippen LogP contribution in [0, 0.1) is 0 Å². The van der Waals surface area contributed by atoms with E-state index in [1.165, 1.54) is 12.4 Å². The molecule has 0 saturated carbocycles. The van der Waals surface area contributed by atoms with Gasteiger partial charge in [0.25, 0.3) is 11.5 Å². The van der Waals surface area contributed by atoms with Crippen molar-refractivity contribution in [1.29, 1.82) is 0 Å². The standard InChI is InChI=1S/C10H7BrN4O2/c11-8-2-1-6(3-13-8)15-10(17)7-4-14-9(16)5-12-7/h1-5H,(H,14,16)(H,15,17). The zero-order valence-electron chi connectivity index (χ0n) is 8.48. The van der Waals surface area contributed by atoms with Crippen molar-refractivity contribution in [2.24, 2.45) is 0 Å². The van der Waals surface area contributed by atoms with Gasteiger partial charge in [-0.1, -0.05) is 0 Å². The van der Waals surface area contributed by atoms with Gasteiger partial charge in [-0.15, -0.1) is 0 Å². The summed E-state index contributed by atoms with van der Waals surface area (Å²) in [5, 5.41) is 2.60. The molecular weight excluding hydrogens is 288 g/mol. The topological polar surface area (TPSA) is 87.7 Å². The Morgan fingerprint density at radius 2 is 2.12 bits per heavy atom. The summed E-state index contributed by atoms with van der Waals surface area (Å²) >= 11 is 3.19. The summed E-state index contributed by atoms with van der Waals surface area (Å²) < 4.78 is 0.678. The van der Waals surface area contributed by atoms with E-state index in [2.05, 4.69) is 36.2 Å². The molecule has 0 aliphatic carbocycles. The van der Waals surface area contributed by atoms with Gasteiger partial charge in [-0.2, -0.15) is 0 Å². The largest absolute Gasteiger partial charge is 0.325 e. The number of nitrogens with one attached hydrogen (secondary N) is 2. The van der Waals surface area contributed by atoms with Gasteiger partial charge < -0.3 is 10.3 Å². The Kier molecular flexibility index (Phi) is 3.29. The number of anilines is 1. The van der Waals surface area contributed by atoms with E-state index in [1.54, 1.807) is 12.1 Å². The lowest BCUT2D eigenvalue weighted by atomic mass is 10.3. The normalized spacial score (nSPS) is 9.94. The van der Waals surface area contributed by atoms with E-state index in [0.29, 0.717) is 10.3 Å². The molecule has 0 aliphatic heterocycles. The minimum atomic E-state index is -0.412. The first-order valence-corrected chi connectivity index (χ1v) is 5.42. The smallest absolute Gasteiger partial charge is 0.275 e. The lowest BCUT2D eigenvalue weighted by molar-refractivity contribution is 0.102. The van der Waals surface area contributed by atoms with Gasteiger partial charge in [-0.3, -0.25) is 9.59 Å². The van der Waals surface area contributed by atoms with Gasteiger partial charge in [-0.25, -0.2) is 9.97 Å². The van der Waals surface area contributed by atoms with Crippen LogP contribution in [0.5, 0.6) is 0 Å². The summed E-state index contributed by atoms with van der Waals surface area (Å²) in [7, 11) is 0. The molecule has 0 atom stereocenters. The van der Waals surface area contributed by atoms with Crippen molar-refractivity contribution in [3.63, 3.8) is 0 Å². The Hall–Kier alpha value is -2.02. The lowest BCUT2D eigenvalue weighted by Gasteiger charge is -2.03. The predicted molar refractivity (Wildman–Crippen MR) is 64.7 cm³/mol. The average molecular weight is 295 g/mol. The fourth-order valence-electron chi connectivity index (χ4n) is 1.11. The number of carbonyl (C=O) groups excluding carboxylic acids is 1. The Morgan fingerprint density at radius 3 is 2.71 bits per heavy atom. The molecule has 0 unspecified atom stereocenters. The fraction of sp³-hybridized carbons (Fsp3) is 0. The minimum Gasteiger partial charge on any atom is -0.325 e. The van der Waals surface area contributed by atoms with Crippen LogP contribution in [0.15, 0.2) is 40.1 Å². The quantitative estimate of drug-likeness (QED) is 0.814. The molecule has 86 valence electrons. The molecule has 2 aromatic rings. The summed E-state index contributed by atoms with van der Waals surface area (Å²) in [5.74, 6) is -0.412. The van der Waals surface area contributed by atoms with E-state index >= 15 is 0 Å². The van der Waals surface area contributed by atoms with Crippen LogP contribution in [0.3, 0.4) is 0 Å². The third kappa shape index (κ3) is 2.97. The van der Waals surface area contributed by atoms with Crippen molar-refractivity contribution >= 4 is 27.5 Å². The molecule has 7 heteroatoms. The van der Waals surface area contributed by atoms with Gasteiger partial charge in [0, 0.05) is 6.20 Å². The van der Waals surface area contributed by atoms with Crippen molar-refractivity contribution in [2.45, 2.75) is 0 Å². The maximum Gasteiger partial charge on any atom is 0.275 e. The van der Waals surface area contributed by atoms with Crippen molar-refractivity contribution < 1.29 is 4.79 Å². The number of nitrogens with zero attached hydrogens (tertiary/aromatic N) is 2. The van der Waals surface area contributed by atoms with Crippen molar-refractivity contribution in [2.75, 3.05) is 5.32 Å². The summed E-state index contributed by atoms with van der Waals surface area (Å²) in [6, 6.07) is 3.40. The number of carbonyl (C=O) groups is 1. The molecule has 2 heterocycles. The molecular formula is C10H7BrN4O2.